The van der Waals surface area contributed by atoms with Gasteiger partial charge in [-0.1, -0.05) is 29.3 Å². The molecule has 2 aromatic rings. The van der Waals surface area contributed by atoms with Gasteiger partial charge in [-0.3, -0.25) is 5.21 Å². The van der Waals surface area contributed by atoms with Crippen molar-refractivity contribution < 1.29 is 10.3 Å². The number of hydrogen-bond donors (Lipinski definition) is 1. The Morgan fingerprint density at radius 2 is 1.47 bits per heavy atom. The summed E-state index contributed by atoms with van der Waals surface area (Å²) >= 11 is 11.7. The van der Waals surface area contributed by atoms with Crippen LogP contribution in [0.25, 0.3) is 0 Å². The fraction of sp³-hybridized carbons (Fsp3) is 0. The molecule has 98 valence electrons. The molecular formula is C12H6Cl2N2O3-2. The van der Waals surface area contributed by atoms with Crippen molar-refractivity contribution >= 4 is 46.0 Å². The number of fused-ring (bicyclic) bond motifs is 2. The van der Waals surface area contributed by atoms with E-state index in [2.05, 4.69) is 0 Å². The highest BCUT2D eigenvalue weighted by Crippen LogP contribution is 2.49. The number of anilines is 4. The van der Waals surface area contributed by atoms with Gasteiger partial charge in [0, 0.05) is 0 Å². The van der Waals surface area contributed by atoms with Crippen molar-refractivity contribution in [2.75, 3.05) is 10.1 Å². The average molecular weight is 297 g/mol. The monoisotopic (exact) mass is 296 g/mol. The minimum Gasteiger partial charge on any atom is -0.872 e. The van der Waals surface area contributed by atoms with Crippen LogP contribution in [0.4, 0.5) is 22.7 Å². The van der Waals surface area contributed by atoms with Crippen molar-refractivity contribution in [3.63, 3.8) is 0 Å². The van der Waals surface area contributed by atoms with Crippen LogP contribution in [0.2, 0.25) is 10.0 Å². The molecule has 0 saturated heterocycles. The Morgan fingerprint density at radius 3 is 2.16 bits per heavy atom. The van der Waals surface area contributed by atoms with E-state index in [1.165, 1.54) is 24.3 Å². The first-order valence-electron chi connectivity index (χ1n) is 5.25. The van der Waals surface area contributed by atoms with Crippen LogP contribution >= 0.6 is 23.2 Å². The number of nitrogens with zero attached hydrogens (tertiary/aromatic N) is 2. The topological polar surface area (TPSA) is 72.8 Å². The lowest BCUT2D eigenvalue weighted by Crippen LogP contribution is -2.23. The molecule has 1 N–H and O–H groups in total. The van der Waals surface area contributed by atoms with Crippen molar-refractivity contribution in [1.29, 1.82) is 0 Å². The minimum atomic E-state index is -0.323. The number of halogens is 2. The van der Waals surface area contributed by atoms with Gasteiger partial charge in [0.25, 0.3) is 0 Å². The van der Waals surface area contributed by atoms with E-state index in [0.717, 1.165) is 11.1 Å². The zero-order valence-corrected chi connectivity index (χ0v) is 10.8. The molecule has 7 heteroatoms. The van der Waals surface area contributed by atoms with E-state index in [4.69, 9.17) is 23.2 Å². The number of benzene rings is 2. The molecule has 1 aliphatic heterocycles. The van der Waals surface area contributed by atoms with E-state index in [9.17, 15) is 15.5 Å². The molecule has 0 saturated carbocycles. The fourth-order valence-electron chi connectivity index (χ4n) is 1.96. The number of hydrogen-bond acceptors (Lipinski definition) is 5. The third-order valence-corrected chi connectivity index (χ3v) is 3.58. The first-order chi connectivity index (χ1) is 8.99. The summed E-state index contributed by atoms with van der Waals surface area (Å²) in [6, 6.07) is 6.51. The molecule has 0 amide bonds. The van der Waals surface area contributed by atoms with Gasteiger partial charge >= 0.3 is 0 Å². The van der Waals surface area contributed by atoms with Crippen molar-refractivity contribution in [3.8, 4) is 5.75 Å². The third kappa shape index (κ3) is 1.79. The molecule has 1 aliphatic rings. The van der Waals surface area contributed by atoms with Crippen LogP contribution in [-0.2, 0) is 0 Å². The minimum absolute atomic E-state index is 0.0564. The third-order valence-electron chi connectivity index (χ3n) is 2.86. The summed E-state index contributed by atoms with van der Waals surface area (Å²) in [5.74, 6) is -0.323. The summed E-state index contributed by atoms with van der Waals surface area (Å²) in [5, 5.41) is 35.4. The summed E-state index contributed by atoms with van der Waals surface area (Å²) in [6.07, 6.45) is 0. The Balaban J connectivity index is 2.26. The molecule has 2 aromatic carbocycles. The van der Waals surface area contributed by atoms with Crippen LogP contribution in [0.1, 0.15) is 0 Å². The Hall–Kier alpha value is -1.66. The molecule has 5 nitrogen and oxygen atoms in total. The van der Waals surface area contributed by atoms with Crippen molar-refractivity contribution in [2.45, 2.75) is 0 Å². The molecule has 0 aliphatic carbocycles. The summed E-state index contributed by atoms with van der Waals surface area (Å²) < 4.78 is 0. The van der Waals surface area contributed by atoms with E-state index in [1.807, 2.05) is 0 Å². The van der Waals surface area contributed by atoms with Gasteiger partial charge in [-0.2, -0.15) is 0 Å². The molecule has 0 unspecified atom stereocenters. The Kier molecular flexibility index (Phi) is 2.72. The second-order valence-corrected chi connectivity index (χ2v) is 4.83. The Bertz CT molecular complexity index is 678. The molecular weight excluding hydrogens is 291 g/mol. The maximum atomic E-state index is 12.2. The number of rotatable bonds is 0. The van der Waals surface area contributed by atoms with Crippen molar-refractivity contribution in [2.24, 2.45) is 0 Å². The Labute approximate surface area is 118 Å². The standard InChI is InChI=1S/C12H7Cl2N2O3/c13-7-4-11-12(5-8(7)14)16(19)10-3-6(17)1-2-9(10)15(11)18/h1-5,17-18H/q-1/p-1. The molecule has 1 heterocycles. The van der Waals surface area contributed by atoms with Crippen LogP contribution in [0.5, 0.6) is 5.75 Å². The SMILES string of the molecule is [O-]c1ccc2c(c1)N([O-])c1cc(Cl)c(Cl)cc1N2O. The molecule has 0 spiro atoms. The maximum absolute atomic E-state index is 12.2. The van der Waals surface area contributed by atoms with Gasteiger partial charge in [0.2, 0.25) is 0 Å². The van der Waals surface area contributed by atoms with Gasteiger partial charge in [0.05, 0.1) is 32.8 Å². The summed E-state index contributed by atoms with van der Waals surface area (Å²) in [4.78, 5) is 0. The van der Waals surface area contributed by atoms with E-state index in [1.54, 1.807) is 0 Å². The molecule has 0 aromatic heterocycles. The highest BCUT2D eigenvalue weighted by Gasteiger charge is 2.24. The van der Waals surface area contributed by atoms with Gasteiger partial charge < -0.3 is 15.4 Å². The van der Waals surface area contributed by atoms with E-state index in [0.29, 0.717) is 5.06 Å². The van der Waals surface area contributed by atoms with Gasteiger partial charge in [0.15, 0.2) is 0 Å². The van der Waals surface area contributed by atoms with Gasteiger partial charge in [0.1, 0.15) is 0 Å². The maximum Gasteiger partial charge on any atom is 0.0938 e. The van der Waals surface area contributed by atoms with E-state index >= 15 is 0 Å². The van der Waals surface area contributed by atoms with Crippen LogP contribution in [0, 0.1) is 5.21 Å². The van der Waals surface area contributed by atoms with Gasteiger partial charge in [-0.25, -0.2) is 5.06 Å². The average Bonchev–Trinajstić information content (AvgIpc) is 2.38. The fourth-order valence-corrected chi connectivity index (χ4v) is 2.28. The van der Waals surface area contributed by atoms with Crippen LogP contribution in [0.15, 0.2) is 30.3 Å². The van der Waals surface area contributed by atoms with E-state index < -0.39 is 0 Å². The molecule has 0 atom stereocenters. The van der Waals surface area contributed by atoms with Crippen LogP contribution in [0.3, 0.4) is 0 Å². The highest BCUT2D eigenvalue weighted by atomic mass is 35.5. The van der Waals surface area contributed by atoms with Gasteiger partial charge in [-0.05, 0) is 24.3 Å². The summed E-state index contributed by atoms with van der Waals surface area (Å²) in [7, 11) is 0. The smallest absolute Gasteiger partial charge is 0.0938 e. The first kappa shape index (κ1) is 12.4. The summed E-state index contributed by atoms with van der Waals surface area (Å²) in [5.41, 5.74) is 0.590. The molecule has 0 fully saturated rings. The lowest BCUT2D eigenvalue weighted by Gasteiger charge is -2.41. The van der Waals surface area contributed by atoms with Gasteiger partial charge in [-0.15, -0.1) is 5.75 Å². The molecule has 0 radical (unpaired) electrons. The van der Waals surface area contributed by atoms with Crippen molar-refractivity contribution in [1.82, 2.24) is 0 Å². The zero-order valence-electron chi connectivity index (χ0n) is 9.30. The molecule has 19 heavy (non-hydrogen) atoms. The lowest BCUT2D eigenvalue weighted by molar-refractivity contribution is -0.268. The first-order valence-corrected chi connectivity index (χ1v) is 6.01. The Morgan fingerprint density at radius 1 is 0.895 bits per heavy atom. The molecule has 0 bridgehead atoms. The van der Waals surface area contributed by atoms with E-state index in [-0.39, 0.29) is 38.5 Å². The highest BCUT2D eigenvalue weighted by molar-refractivity contribution is 6.42. The second kappa shape index (κ2) is 4.18. The van der Waals surface area contributed by atoms with Crippen molar-refractivity contribution in [3.05, 3.63) is 45.6 Å². The molecule has 3 rings (SSSR count). The largest absolute Gasteiger partial charge is 0.872 e. The zero-order chi connectivity index (χ0) is 13.7. The van der Waals surface area contributed by atoms with Crippen LogP contribution in [-0.4, -0.2) is 5.21 Å². The normalized spacial score (nSPS) is 13.3. The quantitative estimate of drug-likeness (QED) is 0.805. The summed E-state index contributed by atoms with van der Waals surface area (Å²) in [6.45, 7) is 0. The second-order valence-electron chi connectivity index (χ2n) is 4.01. The predicted molar refractivity (Wildman–Crippen MR) is 71.8 cm³/mol. The van der Waals surface area contributed by atoms with Crippen LogP contribution < -0.4 is 15.2 Å². The lowest BCUT2D eigenvalue weighted by atomic mass is 10.1. The predicted octanol–water partition coefficient (Wildman–Crippen LogP) is 3.54.